The lowest BCUT2D eigenvalue weighted by atomic mass is 9.93. The van der Waals surface area contributed by atoms with Crippen molar-refractivity contribution in [2.24, 2.45) is 0 Å². The number of piperazine rings is 1. The molecule has 2 aliphatic heterocycles. The summed E-state index contributed by atoms with van der Waals surface area (Å²) in [6.07, 6.45) is 2.66. The van der Waals surface area contributed by atoms with E-state index in [1.54, 1.807) is 11.3 Å². The molecule has 6 heteroatoms. The molecule has 1 fully saturated rings. The fraction of sp³-hybridized carbons (Fsp3) is 0.444. The molecule has 1 amide bonds. The van der Waals surface area contributed by atoms with Crippen molar-refractivity contribution in [2.75, 3.05) is 38.1 Å². The van der Waals surface area contributed by atoms with Gasteiger partial charge in [0.25, 0.3) is 0 Å². The van der Waals surface area contributed by atoms with Gasteiger partial charge in [0.1, 0.15) is 0 Å². The summed E-state index contributed by atoms with van der Waals surface area (Å²) in [5.41, 5.74) is 2.66. The second kappa shape index (κ2) is 6.53. The van der Waals surface area contributed by atoms with Crippen molar-refractivity contribution in [3.05, 3.63) is 47.0 Å². The lowest BCUT2D eigenvalue weighted by Gasteiger charge is -2.40. The first-order chi connectivity index (χ1) is 11.7. The zero-order chi connectivity index (χ0) is 16.5. The highest BCUT2D eigenvalue weighted by Crippen LogP contribution is 2.24. The predicted octanol–water partition coefficient (Wildman–Crippen LogP) is 1.85. The third-order valence-electron chi connectivity index (χ3n) is 5.05. The van der Waals surface area contributed by atoms with Crippen LogP contribution in [0.1, 0.15) is 11.1 Å². The maximum Gasteiger partial charge on any atom is 0.240 e. The Morgan fingerprint density at radius 1 is 1.17 bits per heavy atom. The molecule has 1 aromatic carbocycles. The number of benzene rings is 1. The number of likely N-dealkylation sites (N-methyl/N-ethyl adjacent to an activating group) is 1. The van der Waals surface area contributed by atoms with Crippen molar-refractivity contribution >= 4 is 22.4 Å². The van der Waals surface area contributed by atoms with E-state index in [1.807, 2.05) is 16.5 Å². The molecule has 5 nitrogen and oxygen atoms in total. The van der Waals surface area contributed by atoms with E-state index in [-0.39, 0.29) is 11.9 Å². The fourth-order valence-electron chi connectivity index (χ4n) is 3.63. The number of anilines is 1. The molecule has 1 aromatic heterocycles. The zero-order valence-corrected chi connectivity index (χ0v) is 14.7. The van der Waals surface area contributed by atoms with Crippen LogP contribution in [0.4, 0.5) is 5.13 Å². The molecule has 0 bridgehead atoms. The Kier molecular flexibility index (Phi) is 4.24. The van der Waals surface area contributed by atoms with Crippen molar-refractivity contribution in [3.63, 3.8) is 0 Å². The summed E-state index contributed by atoms with van der Waals surface area (Å²) in [5, 5.41) is 3.06. The van der Waals surface area contributed by atoms with Gasteiger partial charge < -0.3 is 9.80 Å². The molecule has 1 saturated heterocycles. The first-order valence-corrected chi connectivity index (χ1v) is 9.30. The average molecular weight is 342 g/mol. The van der Waals surface area contributed by atoms with Crippen molar-refractivity contribution in [2.45, 2.75) is 19.0 Å². The van der Waals surface area contributed by atoms with Gasteiger partial charge in [-0.1, -0.05) is 24.3 Å². The van der Waals surface area contributed by atoms with Gasteiger partial charge in [-0.25, -0.2) is 4.98 Å². The number of fused-ring (bicyclic) bond motifs is 1. The summed E-state index contributed by atoms with van der Waals surface area (Å²) < 4.78 is 0. The number of aromatic nitrogens is 1. The molecule has 3 heterocycles. The number of hydrogen-bond donors (Lipinski definition) is 0. The van der Waals surface area contributed by atoms with Crippen LogP contribution in [0.5, 0.6) is 0 Å². The maximum atomic E-state index is 13.0. The number of rotatable bonds is 2. The molecule has 1 unspecified atom stereocenters. The molecule has 0 N–H and O–H groups in total. The number of hydrogen-bond acceptors (Lipinski definition) is 5. The van der Waals surface area contributed by atoms with Gasteiger partial charge in [-0.3, -0.25) is 9.69 Å². The second-order valence-corrected chi connectivity index (χ2v) is 7.40. The SMILES string of the molecule is CN1Cc2ccccc2CC1C(=O)N1CCN(c2nccs2)CC1. The first kappa shape index (κ1) is 15.6. The lowest BCUT2D eigenvalue weighted by molar-refractivity contribution is -0.137. The van der Waals surface area contributed by atoms with E-state index in [0.29, 0.717) is 0 Å². The Hall–Kier alpha value is -1.92. The summed E-state index contributed by atoms with van der Waals surface area (Å²) in [4.78, 5) is 23.9. The molecule has 4 rings (SSSR count). The van der Waals surface area contributed by atoms with E-state index in [4.69, 9.17) is 0 Å². The van der Waals surface area contributed by atoms with Gasteiger partial charge in [-0.2, -0.15) is 0 Å². The highest BCUT2D eigenvalue weighted by molar-refractivity contribution is 7.13. The summed E-state index contributed by atoms with van der Waals surface area (Å²) in [5.74, 6) is 0.269. The molecule has 0 spiro atoms. The maximum absolute atomic E-state index is 13.0. The van der Waals surface area contributed by atoms with Gasteiger partial charge in [0.15, 0.2) is 5.13 Å². The molecule has 0 aliphatic carbocycles. The van der Waals surface area contributed by atoms with Crippen LogP contribution in [0.15, 0.2) is 35.8 Å². The normalized spacial score (nSPS) is 21.6. The molecule has 2 aliphatic rings. The highest BCUT2D eigenvalue weighted by Gasteiger charge is 2.33. The Morgan fingerprint density at radius 2 is 1.92 bits per heavy atom. The molecule has 0 saturated carbocycles. The number of nitrogens with zero attached hydrogens (tertiary/aromatic N) is 4. The highest BCUT2D eigenvalue weighted by atomic mass is 32.1. The molecule has 24 heavy (non-hydrogen) atoms. The molecular formula is C18H22N4OS. The summed E-state index contributed by atoms with van der Waals surface area (Å²) in [7, 11) is 2.06. The molecule has 0 radical (unpaired) electrons. The van der Waals surface area contributed by atoms with E-state index in [0.717, 1.165) is 44.3 Å². The number of thiazole rings is 1. The molecule has 126 valence electrons. The van der Waals surface area contributed by atoms with Crippen LogP contribution in [-0.2, 0) is 17.8 Å². The summed E-state index contributed by atoms with van der Waals surface area (Å²) >= 11 is 1.66. The monoisotopic (exact) mass is 342 g/mol. The predicted molar refractivity (Wildman–Crippen MR) is 96.3 cm³/mol. The second-order valence-electron chi connectivity index (χ2n) is 6.53. The quantitative estimate of drug-likeness (QED) is 0.835. The van der Waals surface area contributed by atoms with Crippen molar-refractivity contribution in [1.82, 2.24) is 14.8 Å². The average Bonchev–Trinajstić information content (AvgIpc) is 3.15. The zero-order valence-electron chi connectivity index (χ0n) is 13.9. The largest absolute Gasteiger partial charge is 0.345 e. The topological polar surface area (TPSA) is 39.7 Å². The van der Waals surface area contributed by atoms with Gasteiger partial charge in [0.05, 0.1) is 6.04 Å². The van der Waals surface area contributed by atoms with Crippen LogP contribution in [0.2, 0.25) is 0 Å². The minimum Gasteiger partial charge on any atom is -0.345 e. The minimum absolute atomic E-state index is 0.0358. The van der Waals surface area contributed by atoms with Crippen LogP contribution in [0.25, 0.3) is 0 Å². The first-order valence-electron chi connectivity index (χ1n) is 8.42. The molecular weight excluding hydrogens is 320 g/mol. The van der Waals surface area contributed by atoms with Gasteiger partial charge in [0.2, 0.25) is 5.91 Å². The lowest BCUT2D eigenvalue weighted by Crippen LogP contribution is -2.55. The smallest absolute Gasteiger partial charge is 0.240 e. The minimum atomic E-state index is -0.0358. The molecule has 1 atom stereocenters. The molecule has 2 aromatic rings. The van der Waals surface area contributed by atoms with Gasteiger partial charge in [0, 0.05) is 44.3 Å². The number of amides is 1. The van der Waals surface area contributed by atoms with Crippen LogP contribution in [0, 0.1) is 0 Å². The number of carbonyl (C=O) groups excluding carboxylic acids is 1. The van der Waals surface area contributed by atoms with Crippen LogP contribution in [0.3, 0.4) is 0 Å². The standard InChI is InChI=1S/C18H22N4OS/c1-20-13-15-5-3-2-4-14(15)12-16(20)17(23)21-7-9-22(10-8-21)18-19-6-11-24-18/h2-6,11,16H,7-10,12-13H2,1H3. The Bertz CT molecular complexity index is 710. The van der Waals surface area contributed by atoms with Crippen LogP contribution in [-0.4, -0.2) is 60.0 Å². The van der Waals surface area contributed by atoms with Gasteiger partial charge in [-0.15, -0.1) is 11.3 Å². The van der Waals surface area contributed by atoms with E-state index >= 15 is 0 Å². The third kappa shape index (κ3) is 2.91. The summed E-state index contributed by atoms with van der Waals surface area (Å²) in [6.45, 7) is 4.15. The van der Waals surface area contributed by atoms with Crippen molar-refractivity contribution < 1.29 is 4.79 Å². The van der Waals surface area contributed by atoms with Crippen LogP contribution < -0.4 is 4.90 Å². The van der Waals surface area contributed by atoms with Crippen molar-refractivity contribution in [3.8, 4) is 0 Å². The Labute approximate surface area is 146 Å². The van der Waals surface area contributed by atoms with Gasteiger partial charge in [-0.05, 0) is 24.6 Å². The summed E-state index contributed by atoms with van der Waals surface area (Å²) in [6, 6.07) is 8.43. The van der Waals surface area contributed by atoms with Crippen LogP contribution >= 0.6 is 11.3 Å². The third-order valence-corrected chi connectivity index (χ3v) is 5.88. The van der Waals surface area contributed by atoms with E-state index in [1.165, 1.54) is 11.1 Å². The van der Waals surface area contributed by atoms with Gasteiger partial charge >= 0.3 is 0 Å². The van der Waals surface area contributed by atoms with Crippen molar-refractivity contribution in [1.29, 1.82) is 0 Å². The number of carbonyl (C=O) groups is 1. The van der Waals surface area contributed by atoms with E-state index in [9.17, 15) is 4.79 Å². The Morgan fingerprint density at radius 3 is 2.62 bits per heavy atom. The Balaban J connectivity index is 1.41. The van der Waals surface area contributed by atoms with E-state index in [2.05, 4.69) is 46.1 Å². The van der Waals surface area contributed by atoms with E-state index < -0.39 is 0 Å². The fourth-order valence-corrected chi connectivity index (χ4v) is 4.33.